The maximum absolute atomic E-state index is 13.7. The Kier molecular flexibility index (Phi) is 2.88. The fraction of sp³-hybridized carbons (Fsp3) is 0.357. The van der Waals surface area contributed by atoms with Crippen molar-refractivity contribution in [1.82, 2.24) is 4.98 Å². The number of fused-ring (bicyclic) bond motifs is 1. The molecule has 3 rings (SSSR count). The van der Waals surface area contributed by atoms with E-state index in [-0.39, 0.29) is 5.82 Å². The third-order valence-corrected chi connectivity index (χ3v) is 3.48. The van der Waals surface area contributed by atoms with Gasteiger partial charge in [0.1, 0.15) is 11.6 Å². The van der Waals surface area contributed by atoms with Gasteiger partial charge in [0.2, 0.25) is 5.89 Å². The van der Waals surface area contributed by atoms with E-state index in [2.05, 4.69) is 4.98 Å². The minimum atomic E-state index is -0.300. The zero-order valence-electron chi connectivity index (χ0n) is 10.0. The summed E-state index contributed by atoms with van der Waals surface area (Å²) >= 11 is 0. The molecule has 0 spiro atoms. The Morgan fingerprint density at radius 1 is 1.39 bits per heavy atom. The number of hydrogen-bond acceptors (Lipinski definition) is 3. The molecule has 1 aromatic heterocycles. The molecule has 94 valence electrons. The van der Waals surface area contributed by atoms with Gasteiger partial charge in [-0.25, -0.2) is 9.37 Å². The molecule has 2 aromatic rings. The van der Waals surface area contributed by atoms with Crippen molar-refractivity contribution in [1.29, 1.82) is 0 Å². The summed E-state index contributed by atoms with van der Waals surface area (Å²) in [5.74, 6) is 1.44. The lowest BCUT2D eigenvalue weighted by Crippen LogP contribution is -2.21. The molecule has 0 aliphatic heterocycles. The van der Waals surface area contributed by atoms with Crippen molar-refractivity contribution in [3.8, 4) is 11.5 Å². The first-order valence-corrected chi connectivity index (χ1v) is 6.21. The summed E-state index contributed by atoms with van der Waals surface area (Å²) in [6.07, 6.45) is 2.71. The number of hydrogen-bond donors (Lipinski definition) is 1. The second-order valence-corrected chi connectivity index (χ2v) is 4.71. The minimum Gasteiger partial charge on any atom is -0.441 e. The highest BCUT2D eigenvalue weighted by molar-refractivity contribution is 5.54. The maximum Gasteiger partial charge on any atom is 0.229 e. The van der Waals surface area contributed by atoms with Crippen LogP contribution in [0.3, 0.4) is 0 Å². The summed E-state index contributed by atoms with van der Waals surface area (Å²) < 4.78 is 19.3. The van der Waals surface area contributed by atoms with Crippen molar-refractivity contribution in [3.63, 3.8) is 0 Å². The molecule has 18 heavy (non-hydrogen) atoms. The Morgan fingerprint density at radius 2 is 2.22 bits per heavy atom. The lowest BCUT2D eigenvalue weighted by molar-refractivity contribution is 0.413. The van der Waals surface area contributed by atoms with Gasteiger partial charge in [-0.15, -0.1) is 0 Å². The molecule has 0 bridgehead atoms. The van der Waals surface area contributed by atoms with E-state index in [0.717, 1.165) is 30.7 Å². The SMILES string of the molecule is NCC1CCc2oc(-c3ccccc3F)nc2C1. The second kappa shape index (κ2) is 4.53. The average molecular weight is 246 g/mol. The van der Waals surface area contributed by atoms with Crippen molar-refractivity contribution in [2.24, 2.45) is 11.7 Å². The van der Waals surface area contributed by atoms with Crippen LogP contribution in [-0.2, 0) is 12.8 Å². The van der Waals surface area contributed by atoms with E-state index >= 15 is 0 Å². The van der Waals surface area contributed by atoms with Gasteiger partial charge >= 0.3 is 0 Å². The third-order valence-electron chi connectivity index (χ3n) is 3.48. The van der Waals surface area contributed by atoms with Gasteiger partial charge in [-0.05, 0) is 37.4 Å². The van der Waals surface area contributed by atoms with Gasteiger partial charge in [0, 0.05) is 6.42 Å². The smallest absolute Gasteiger partial charge is 0.229 e. The fourth-order valence-electron chi connectivity index (χ4n) is 2.40. The standard InChI is InChI=1S/C14H15FN2O/c15-11-4-2-1-3-10(11)14-17-12-7-9(8-16)5-6-13(12)18-14/h1-4,9H,5-8,16H2. The van der Waals surface area contributed by atoms with Crippen molar-refractivity contribution >= 4 is 0 Å². The van der Waals surface area contributed by atoms with E-state index in [9.17, 15) is 4.39 Å². The zero-order valence-corrected chi connectivity index (χ0v) is 10.0. The second-order valence-electron chi connectivity index (χ2n) is 4.71. The van der Waals surface area contributed by atoms with Crippen LogP contribution in [0.25, 0.3) is 11.5 Å². The first kappa shape index (κ1) is 11.4. The topological polar surface area (TPSA) is 52.0 Å². The first-order chi connectivity index (χ1) is 8.78. The molecule has 0 saturated carbocycles. The molecule has 2 N–H and O–H groups in total. The Hall–Kier alpha value is -1.68. The number of nitrogens with two attached hydrogens (primary N) is 1. The van der Waals surface area contributed by atoms with Crippen LogP contribution in [0.15, 0.2) is 28.7 Å². The highest BCUT2D eigenvalue weighted by Gasteiger charge is 2.24. The van der Waals surface area contributed by atoms with Gasteiger partial charge in [0.05, 0.1) is 11.3 Å². The molecule has 0 fully saturated rings. The molecule has 1 aliphatic carbocycles. The monoisotopic (exact) mass is 246 g/mol. The van der Waals surface area contributed by atoms with E-state index in [1.54, 1.807) is 18.2 Å². The van der Waals surface area contributed by atoms with Gasteiger partial charge in [-0.2, -0.15) is 0 Å². The lowest BCUT2D eigenvalue weighted by Gasteiger charge is -2.17. The van der Waals surface area contributed by atoms with Crippen LogP contribution in [-0.4, -0.2) is 11.5 Å². The average Bonchev–Trinajstić information content (AvgIpc) is 2.81. The van der Waals surface area contributed by atoms with Crippen LogP contribution in [0, 0.1) is 11.7 Å². The van der Waals surface area contributed by atoms with Crippen molar-refractivity contribution in [3.05, 3.63) is 41.5 Å². The highest BCUT2D eigenvalue weighted by atomic mass is 19.1. The van der Waals surface area contributed by atoms with Crippen molar-refractivity contribution in [2.45, 2.75) is 19.3 Å². The number of halogens is 1. The van der Waals surface area contributed by atoms with E-state index in [0.29, 0.717) is 23.9 Å². The predicted molar refractivity (Wildman–Crippen MR) is 66.5 cm³/mol. The van der Waals surface area contributed by atoms with Crippen LogP contribution in [0.1, 0.15) is 17.9 Å². The van der Waals surface area contributed by atoms with Crippen LogP contribution in [0.4, 0.5) is 4.39 Å². The van der Waals surface area contributed by atoms with Crippen molar-refractivity contribution < 1.29 is 8.81 Å². The van der Waals surface area contributed by atoms with Gasteiger partial charge in [0.25, 0.3) is 0 Å². The summed E-state index contributed by atoms with van der Waals surface area (Å²) in [5.41, 5.74) is 7.05. The minimum absolute atomic E-state index is 0.300. The van der Waals surface area contributed by atoms with Crippen LogP contribution in [0.2, 0.25) is 0 Å². The Morgan fingerprint density at radius 3 is 3.00 bits per heavy atom. The molecular weight excluding hydrogens is 231 g/mol. The number of aryl methyl sites for hydroxylation is 1. The maximum atomic E-state index is 13.7. The summed E-state index contributed by atoms with van der Waals surface area (Å²) in [4.78, 5) is 4.42. The highest BCUT2D eigenvalue weighted by Crippen LogP contribution is 2.30. The van der Waals surface area contributed by atoms with Gasteiger partial charge < -0.3 is 10.2 Å². The molecule has 1 aromatic carbocycles. The molecular formula is C14H15FN2O. The molecule has 0 radical (unpaired) electrons. The third kappa shape index (κ3) is 1.93. The molecule has 1 aliphatic rings. The summed E-state index contributed by atoms with van der Waals surface area (Å²) in [7, 11) is 0. The largest absolute Gasteiger partial charge is 0.441 e. The molecule has 3 nitrogen and oxygen atoms in total. The molecule has 1 unspecified atom stereocenters. The summed E-state index contributed by atoms with van der Waals surface area (Å²) in [6.45, 7) is 0.668. The Bertz CT molecular complexity index is 565. The van der Waals surface area contributed by atoms with E-state index < -0.39 is 0 Å². The van der Waals surface area contributed by atoms with Crippen LogP contribution in [0.5, 0.6) is 0 Å². The summed E-state index contributed by atoms with van der Waals surface area (Å²) in [6, 6.07) is 6.55. The molecule has 1 atom stereocenters. The van der Waals surface area contributed by atoms with E-state index in [4.69, 9.17) is 10.2 Å². The van der Waals surface area contributed by atoms with Gasteiger partial charge in [-0.3, -0.25) is 0 Å². The van der Waals surface area contributed by atoms with E-state index in [1.807, 2.05) is 0 Å². The van der Waals surface area contributed by atoms with Crippen LogP contribution < -0.4 is 5.73 Å². The normalized spacial score (nSPS) is 18.7. The number of benzene rings is 1. The van der Waals surface area contributed by atoms with Crippen molar-refractivity contribution in [2.75, 3.05) is 6.54 Å². The quantitative estimate of drug-likeness (QED) is 0.886. The number of aromatic nitrogens is 1. The van der Waals surface area contributed by atoms with Gasteiger partial charge in [-0.1, -0.05) is 12.1 Å². The van der Waals surface area contributed by atoms with Gasteiger partial charge in [0.15, 0.2) is 0 Å². The summed E-state index contributed by atoms with van der Waals surface area (Å²) in [5, 5.41) is 0. The van der Waals surface area contributed by atoms with Crippen LogP contribution >= 0.6 is 0 Å². The van der Waals surface area contributed by atoms with E-state index in [1.165, 1.54) is 6.07 Å². The number of nitrogens with zero attached hydrogens (tertiary/aromatic N) is 1. The molecule has 0 amide bonds. The fourth-order valence-corrected chi connectivity index (χ4v) is 2.40. The first-order valence-electron chi connectivity index (χ1n) is 6.21. The lowest BCUT2D eigenvalue weighted by atomic mass is 9.90. The zero-order chi connectivity index (χ0) is 12.5. The Labute approximate surface area is 105 Å². The molecule has 1 heterocycles. The number of rotatable bonds is 2. The predicted octanol–water partition coefficient (Wildman–Crippen LogP) is 2.54. The Balaban J connectivity index is 1.97. The molecule has 4 heteroatoms. The molecule has 0 saturated heterocycles. The number of oxazole rings is 1.